The summed E-state index contributed by atoms with van der Waals surface area (Å²) < 4.78 is 14.0. The fourth-order valence-corrected chi connectivity index (χ4v) is 2.13. The van der Waals surface area contributed by atoms with Crippen LogP contribution in [-0.2, 0) is 13.1 Å². The molecule has 2 aromatic rings. The Morgan fingerprint density at radius 3 is 2.54 bits per heavy atom. The average molecular weight is 330 g/mol. The van der Waals surface area contributed by atoms with E-state index >= 15 is 0 Å². The molecule has 3 N–H and O–H groups in total. The Morgan fingerprint density at radius 2 is 2.00 bits per heavy atom. The van der Waals surface area contributed by atoms with Crippen LogP contribution in [0.15, 0.2) is 36.5 Å². The molecule has 0 aliphatic carbocycles. The van der Waals surface area contributed by atoms with E-state index in [4.69, 9.17) is 5.73 Å². The molecule has 0 spiro atoms. The van der Waals surface area contributed by atoms with Gasteiger partial charge in [-0.05, 0) is 37.9 Å². The van der Waals surface area contributed by atoms with Gasteiger partial charge in [0.15, 0.2) is 0 Å². The standard InChI is InChI=1S/C17H19FN4O2/c1-22(2)10-13-4-3-11(7-14(13)18)8-21-17(24)12-5-6-15(16(19)23)20-9-12/h3-7,9H,8,10H2,1-2H3,(H2,19,23)(H,21,24). The van der Waals surface area contributed by atoms with Crippen LogP contribution in [0.25, 0.3) is 0 Å². The summed E-state index contributed by atoms with van der Waals surface area (Å²) in [6, 6.07) is 7.74. The van der Waals surface area contributed by atoms with Crippen LogP contribution in [0.4, 0.5) is 4.39 Å². The quantitative estimate of drug-likeness (QED) is 0.836. The van der Waals surface area contributed by atoms with E-state index in [0.29, 0.717) is 23.2 Å². The number of nitrogens with zero attached hydrogens (tertiary/aromatic N) is 2. The number of nitrogens with one attached hydrogen (secondary N) is 1. The van der Waals surface area contributed by atoms with Gasteiger partial charge in [0.25, 0.3) is 11.8 Å². The van der Waals surface area contributed by atoms with Gasteiger partial charge in [-0.25, -0.2) is 4.39 Å². The van der Waals surface area contributed by atoms with Gasteiger partial charge in [-0.3, -0.25) is 14.6 Å². The minimum atomic E-state index is -0.657. The van der Waals surface area contributed by atoms with Gasteiger partial charge in [-0.15, -0.1) is 0 Å². The van der Waals surface area contributed by atoms with Gasteiger partial charge in [0.1, 0.15) is 11.5 Å². The summed E-state index contributed by atoms with van der Waals surface area (Å²) in [7, 11) is 3.73. The number of hydrogen-bond donors (Lipinski definition) is 2. The fourth-order valence-electron chi connectivity index (χ4n) is 2.13. The molecule has 24 heavy (non-hydrogen) atoms. The summed E-state index contributed by atoms with van der Waals surface area (Å²) in [5.74, 6) is -1.32. The van der Waals surface area contributed by atoms with E-state index in [-0.39, 0.29) is 24.0 Å². The second kappa shape index (κ2) is 7.65. The van der Waals surface area contributed by atoms with E-state index in [1.54, 1.807) is 12.1 Å². The van der Waals surface area contributed by atoms with Crippen LogP contribution in [0.3, 0.4) is 0 Å². The number of carbonyl (C=O) groups excluding carboxylic acids is 2. The number of pyridine rings is 1. The molecule has 2 rings (SSSR count). The highest BCUT2D eigenvalue weighted by atomic mass is 19.1. The molecule has 1 aromatic carbocycles. The molecule has 0 aliphatic heterocycles. The Labute approximate surface area is 139 Å². The number of benzene rings is 1. The number of aromatic nitrogens is 1. The van der Waals surface area contributed by atoms with Crippen molar-refractivity contribution in [2.45, 2.75) is 13.1 Å². The maximum absolute atomic E-state index is 14.0. The maximum Gasteiger partial charge on any atom is 0.267 e. The van der Waals surface area contributed by atoms with Gasteiger partial charge in [-0.2, -0.15) is 0 Å². The Bertz CT molecular complexity index is 745. The van der Waals surface area contributed by atoms with E-state index in [2.05, 4.69) is 10.3 Å². The summed E-state index contributed by atoms with van der Waals surface area (Å²) in [5.41, 5.74) is 6.73. The molecule has 0 saturated heterocycles. The number of carbonyl (C=O) groups is 2. The van der Waals surface area contributed by atoms with Gasteiger partial charge in [0, 0.05) is 24.8 Å². The molecule has 7 heteroatoms. The zero-order valence-corrected chi connectivity index (χ0v) is 13.5. The van der Waals surface area contributed by atoms with E-state index in [1.165, 1.54) is 24.4 Å². The van der Waals surface area contributed by atoms with Crippen LogP contribution < -0.4 is 11.1 Å². The second-order valence-electron chi connectivity index (χ2n) is 5.64. The maximum atomic E-state index is 14.0. The first-order valence-electron chi connectivity index (χ1n) is 7.33. The van der Waals surface area contributed by atoms with Crippen LogP contribution in [0, 0.1) is 5.82 Å². The molecule has 0 saturated carbocycles. The Hall–Kier alpha value is -2.80. The largest absolute Gasteiger partial charge is 0.364 e. The summed E-state index contributed by atoms with van der Waals surface area (Å²) in [4.78, 5) is 28.7. The van der Waals surface area contributed by atoms with Gasteiger partial charge in [-0.1, -0.05) is 12.1 Å². The highest BCUT2D eigenvalue weighted by Gasteiger charge is 2.09. The first kappa shape index (κ1) is 17.6. The lowest BCUT2D eigenvalue weighted by atomic mass is 10.1. The lowest BCUT2D eigenvalue weighted by Gasteiger charge is -2.12. The Balaban J connectivity index is 1.98. The molecule has 2 amide bonds. The van der Waals surface area contributed by atoms with Crippen molar-refractivity contribution in [3.8, 4) is 0 Å². The molecule has 126 valence electrons. The van der Waals surface area contributed by atoms with Gasteiger partial charge < -0.3 is 16.0 Å². The minimum absolute atomic E-state index is 0.0881. The van der Waals surface area contributed by atoms with Crippen LogP contribution in [0.5, 0.6) is 0 Å². The topological polar surface area (TPSA) is 88.3 Å². The third-order valence-electron chi connectivity index (χ3n) is 3.34. The summed E-state index contributed by atoms with van der Waals surface area (Å²) in [6.07, 6.45) is 1.27. The third kappa shape index (κ3) is 4.60. The van der Waals surface area contributed by atoms with Gasteiger partial charge in [0.05, 0.1) is 5.56 Å². The number of halogens is 1. The SMILES string of the molecule is CN(C)Cc1ccc(CNC(=O)c2ccc(C(N)=O)nc2)cc1F. The summed E-state index contributed by atoms with van der Waals surface area (Å²) in [6.45, 7) is 0.700. The smallest absolute Gasteiger partial charge is 0.267 e. The van der Waals surface area contributed by atoms with Crippen molar-refractivity contribution in [3.05, 3.63) is 64.7 Å². The van der Waals surface area contributed by atoms with Crippen LogP contribution >= 0.6 is 0 Å². The molecule has 0 bridgehead atoms. The van der Waals surface area contributed by atoms with Crippen molar-refractivity contribution in [1.29, 1.82) is 0 Å². The van der Waals surface area contributed by atoms with Crippen LogP contribution in [0.1, 0.15) is 32.0 Å². The third-order valence-corrected chi connectivity index (χ3v) is 3.34. The summed E-state index contributed by atoms with van der Waals surface area (Å²) >= 11 is 0. The zero-order chi connectivity index (χ0) is 17.7. The van der Waals surface area contributed by atoms with Gasteiger partial charge >= 0.3 is 0 Å². The number of rotatable bonds is 6. The second-order valence-corrected chi connectivity index (χ2v) is 5.64. The predicted molar refractivity (Wildman–Crippen MR) is 87.7 cm³/mol. The molecule has 0 fully saturated rings. The number of nitrogens with two attached hydrogens (primary N) is 1. The highest BCUT2D eigenvalue weighted by Crippen LogP contribution is 2.12. The van der Waals surface area contributed by atoms with Crippen molar-refractivity contribution < 1.29 is 14.0 Å². The number of amides is 2. The van der Waals surface area contributed by atoms with E-state index in [9.17, 15) is 14.0 Å². The monoisotopic (exact) mass is 330 g/mol. The lowest BCUT2D eigenvalue weighted by molar-refractivity contribution is 0.0947. The van der Waals surface area contributed by atoms with Gasteiger partial charge in [0.2, 0.25) is 0 Å². The fraction of sp³-hybridized carbons (Fsp3) is 0.235. The highest BCUT2D eigenvalue weighted by molar-refractivity contribution is 5.95. The molecule has 0 aliphatic rings. The van der Waals surface area contributed by atoms with E-state index in [1.807, 2.05) is 19.0 Å². The summed E-state index contributed by atoms with van der Waals surface area (Å²) in [5, 5.41) is 2.68. The molecular formula is C17H19FN4O2. The normalized spacial score (nSPS) is 10.7. The number of primary amides is 1. The number of hydrogen-bond acceptors (Lipinski definition) is 4. The van der Waals surface area contributed by atoms with Crippen molar-refractivity contribution in [1.82, 2.24) is 15.2 Å². The molecule has 6 nitrogen and oxygen atoms in total. The van der Waals surface area contributed by atoms with Crippen LogP contribution in [0.2, 0.25) is 0 Å². The molecule has 0 atom stereocenters. The van der Waals surface area contributed by atoms with E-state index < -0.39 is 5.91 Å². The van der Waals surface area contributed by atoms with Crippen molar-refractivity contribution in [2.24, 2.45) is 5.73 Å². The molecule has 0 unspecified atom stereocenters. The average Bonchev–Trinajstić information content (AvgIpc) is 2.54. The Kier molecular flexibility index (Phi) is 5.59. The molecule has 0 radical (unpaired) electrons. The van der Waals surface area contributed by atoms with Crippen molar-refractivity contribution >= 4 is 11.8 Å². The lowest BCUT2D eigenvalue weighted by Crippen LogP contribution is -2.23. The molecule has 1 heterocycles. The minimum Gasteiger partial charge on any atom is -0.364 e. The molecule has 1 aromatic heterocycles. The first-order chi connectivity index (χ1) is 11.4. The van der Waals surface area contributed by atoms with Crippen molar-refractivity contribution in [2.75, 3.05) is 14.1 Å². The van der Waals surface area contributed by atoms with Crippen LogP contribution in [-0.4, -0.2) is 35.8 Å². The predicted octanol–water partition coefficient (Wildman–Crippen LogP) is 1.31. The van der Waals surface area contributed by atoms with Crippen molar-refractivity contribution in [3.63, 3.8) is 0 Å². The van der Waals surface area contributed by atoms with E-state index in [0.717, 1.165) is 0 Å². The molecular weight excluding hydrogens is 311 g/mol. The Morgan fingerprint density at radius 1 is 1.25 bits per heavy atom. The first-order valence-corrected chi connectivity index (χ1v) is 7.33. The zero-order valence-electron chi connectivity index (χ0n) is 13.5.